The van der Waals surface area contributed by atoms with Crippen LogP contribution in [0.1, 0.15) is 28.4 Å². The number of carbonyl (C=O) groups is 1. The summed E-state index contributed by atoms with van der Waals surface area (Å²) in [6.45, 7) is 3.54. The van der Waals surface area contributed by atoms with E-state index in [0.29, 0.717) is 6.42 Å². The van der Waals surface area contributed by atoms with Gasteiger partial charge in [-0.3, -0.25) is 14.2 Å². The van der Waals surface area contributed by atoms with Crippen molar-refractivity contribution in [2.45, 2.75) is 26.8 Å². The molecule has 0 spiro atoms. The summed E-state index contributed by atoms with van der Waals surface area (Å²) in [5.74, 6) is -0.351. The predicted molar refractivity (Wildman–Crippen MR) is 76.2 cm³/mol. The largest absolute Gasteiger partial charge is 0.328 e. The van der Waals surface area contributed by atoms with E-state index in [1.165, 1.54) is 13.1 Å². The molecule has 0 saturated heterocycles. The Bertz CT molecular complexity index is 756. The SMILES string of the molecule is CC(=O)c1c[nH]c(=O)n(CCc2ccccc2C)c1=O. The number of nitrogens with zero attached hydrogens (tertiary/aromatic N) is 1. The summed E-state index contributed by atoms with van der Waals surface area (Å²) in [7, 11) is 0. The van der Waals surface area contributed by atoms with Crippen LogP contribution < -0.4 is 11.2 Å². The first-order chi connectivity index (χ1) is 9.50. The number of benzene rings is 1. The molecular weight excluding hydrogens is 256 g/mol. The van der Waals surface area contributed by atoms with Crippen molar-refractivity contribution in [2.75, 3.05) is 0 Å². The number of aromatic amines is 1. The Hall–Kier alpha value is -2.43. The van der Waals surface area contributed by atoms with Gasteiger partial charge in [0.05, 0.1) is 5.56 Å². The minimum atomic E-state index is -0.533. The average molecular weight is 272 g/mol. The van der Waals surface area contributed by atoms with Crippen LogP contribution >= 0.6 is 0 Å². The summed E-state index contributed by atoms with van der Waals surface area (Å²) in [5, 5.41) is 0. The molecule has 5 heteroatoms. The third-order valence-electron chi connectivity index (χ3n) is 3.31. The summed E-state index contributed by atoms with van der Waals surface area (Å²) in [5.41, 5.74) is 1.17. The van der Waals surface area contributed by atoms with Crippen molar-refractivity contribution in [3.63, 3.8) is 0 Å². The molecule has 104 valence electrons. The van der Waals surface area contributed by atoms with Crippen LogP contribution in [0.5, 0.6) is 0 Å². The van der Waals surface area contributed by atoms with E-state index >= 15 is 0 Å². The van der Waals surface area contributed by atoms with Gasteiger partial charge in [-0.15, -0.1) is 0 Å². The van der Waals surface area contributed by atoms with Gasteiger partial charge >= 0.3 is 5.69 Å². The van der Waals surface area contributed by atoms with Crippen molar-refractivity contribution in [1.82, 2.24) is 9.55 Å². The zero-order chi connectivity index (χ0) is 14.7. The fourth-order valence-electron chi connectivity index (χ4n) is 2.09. The molecule has 1 aromatic heterocycles. The molecule has 5 nitrogen and oxygen atoms in total. The molecule has 0 aliphatic carbocycles. The molecule has 0 fully saturated rings. The normalized spacial score (nSPS) is 10.5. The van der Waals surface area contributed by atoms with Gasteiger partial charge in [0.2, 0.25) is 0 Å². The molecule has 0 aliphatic rings. The van der Waals surface area contributed by atoms with Crippen LogP contribution in [0.15, 0.2) is 40.1 Å². The molecule has 1 aromatic carbocycles. The summed E-state index contributed by atoms with van der Waals surface area (Å²) in [4.78, 5) is 37.5. The number of H-pyrrole nitrogens is 1. The molecule has 1 N–H and O–H groups in total. The summed E-state index contributed by atoms with van der Waals surface area (Å²) < 4.78 is 1.07. The second kappa shape index (κ2) is 5.69. The molecule has 0 amide bonds. The Kier molecular flexibility index (Phi) is 3.98. The van der Waals surface area contributed by atoms with Gasteiger partial charge in [-0.1, -0.05) is 24.3 Å². The zero-order valence-corrected chi connectivity index (χ0v) is 11.5. The van der Waals surface area contributed by atoms with E-state index in [1.807, 2.05) is 31.2 Å². The van der Waals surface area contributed by atoms with Crippen molar-refractivity contribution >= 4 is 5.78 Å². The van der Waals surface area contributed by atoms with E-state index in [-0.39, 0.29) is 17.9 Å². The van der Waals surface area contributed by atoms with Crippen LogP contribution in [0.2, 0.25) is 0 Å². The first kappa shape index (κ1) is 14.0. The van der Waals surface area contributed by atoms with E-state index in [2.05, 4.69) is 4.98 Å². The number of hydrogen-bond donors (Lipinski definition) is 1. The van der Waals surface area contributed by atoms with Gasteiger partial charge in [0.1, 0.15) is 0 Å². The molecule has 0 saturated carbocycles. The van der Waals surface area contributed by atoms with Crippen molar-refractivity contribution in [2.24, 2.45) is 0 Å². The van der Waals surface area contributed by atoms with Gasteiger partial charge in [0.15, 0.2) is 5.78 Å². The third kappa shape index (κ3) is 2.77. The Balaban J connectivity index is 2.33. The van der Waals surface area contributed by atoms with E-state index < -0.39 is 11.2 Å². The second-order valence-corrected chi connectivity index (χ2v) is 4.70. The van der Waals surface area contributed by atoms with Crippen LogP contribution in [-0.4, -0.2) is 15.3 Å². The highest BCUT2D eigenvalue weighted by atomic mass is 16.2. The smallest absolute Gasteiger partial charge is 0.313 e. The van der Waals surface area contributed by atoms with Gasteiger partial charge < -0.3 is 4.98 Å². The topological polar surface area (TPSA) is 71.9 Å². The van der Waals surface area contributed by atoms with Gasteiger partial charge in [0, 0.05) is 12.7 Å². The average Bonchev–Trinajstić information content (AvgIpc) is 2.40. The van der Waals surface area contributed by atoms with Crippen molar-refractivity contribution < 1.29 is 4.79 Å². The van der Waals surface area contributed by atoms with Gasteiger partial charge in [-0.25, -0.2) is 4.79 Å². The molecule has 0 aliphatic heterocycles. The minimum absolute atomic E-state index is 0.00869. The lowest BCUT2D eigenvalue weighted by atomic mass is 10.1. The standard InChI is InChI=1S/C15H16N2O3/c1-10-5-3-4-6-12(10)7-8-17-14(19)13(11(2)18)9-16-15(17)20/h3-6,9H,7-8H2,1-2H3,(H,16,20). The maximum Gasteiger partial charge on any atom is 0.328 e. The van der Waals surface area contributed by atoms with Gasteiger partial charge in [-0.2, -0.15) is 0 Å². The van der Waals surface area contributed by atoms with Crippen LogP contribution in [0, 0.1) is 6.92 Å². The lowest BCUT2D eigenvalue weighted by Crippen LogP contribution is -2.38. The molecule has 0 bridgehead atoms. The van der Waals surface area contributed by atoms with Crippen LogP contribution in [0.4, 0.5) is 0 Å². The van der Waals surface area contributed by atoms with Gasteiger partial charge in [0.25, 0.3) is 5.56 Å². The number of carbonyl (C=O) groups excluding carboxylic acids is 1. The van der Waals surface area contributed by atoms with Gasteiger partial charge in [-0.05, 0) is 31.4 Å². The van der Waals surface area contributed by atoms with Crippen molar-refractivity contribution in [3.05, 3.63) is 68.0 Å². The Morgan fingerprint density at radius 2 is 1.95 bits per heavy atom. The zero-order valence-electron chi connectivity index (χ0n) is 11.5. The number of ketones is 1. The lowest BCUT2D eigenvalue weighted by molar-refractivity contribution is 0.101. The maximum absolute atomic E-state index is 12.1. The highest BCUT2D eigenvalue weighted by Gasteiger charge is 2.11. The van der Waals surface area contributed by atoms with Crippen LogP contribution in [0.3, 0.4) is 0 Å². The van der Waals surface area contributed by atoms with E-state index in [9.17, 15) is 14.4 Å². The third-order valence-corrected chi connectivity index (χ3v) is 3.31. The maximum atomic E-state index is 12.1. The van der Waals surface area contributed by atoms with E-state index in [1.54, 1.807) is 0 Å². The molecule has 0 radical (unpaired) electrons. The van der Waals surface area contributed by atoms with Crippen molar-refractivity contribution in [3.8, 4) is 0 Å². The number of aryl methyl sites for hydroxylation is 2. The number of aromatic nitrogens is 2. The number of rotatable bonds is 4. The molecular formula is C15H16N2O3. The number of hydrogen-bond acceptors (Lipinski definition) is 3. The van der Waals surface area contributed by atoms with E-state index in [4.69, 9.17) is 0 Å². The molecule has 0 unspecified atom stereocenters. The second-order valence-electron chi connectivity index (χ2n) is 4.70. The number of nitrogens with one attached hydrogen (secondary N) is 1. The lowest BCUT2D eigenvalue weighted by Gasteiger charge is -2.08. The Morgan fingerprint density at radius 1 is 1.25 bits per heavy atom. The minimum Gasteiger partial charge on any atom is -0.313 e. The fourth-order valence-corrected chi connectivity index (χ4v) is 2.09. The summed E-state index contributed by atoms with van der Waals surface area (Å²) in [6.07, 6.45) is 1.74. The predicted octanol–water partition coefficient (Wildman–Crippen LogP) is 1.29. The van der Waals surface area contributed by atoms with Crippen LogP contribution in [0.25, 0.3) is 0 Å². The van der Waals surface area contributed by atoms with Crippen molar-refractivity contribution in [1.29, 1.82) is 0 Å². The first-order valence-corrected chi connectivity index (χ1v) is 6.38. The number of Topliss-reactive ketones (excluding diaryl/α,β-unsaturated/α-hetero) is 1. The highest BCUT2D eigenvalue weighted by Crippen LogP contribution is 2.07. The fraction of sp³-hybridized carbons (Fsp3) is 0.267. The molecule has 2 aromatic rings. The molecule has 2 rings (SSSR count). The Labute approximate surface area is 115 Å². The molecule has 1 heterocycles. The summed E-state index contributed by atoms with van der Waals surface area (Å²) >= 11 is 0. The summed E-state index contributed by atoms with van der Waals surface area (Å²) in [6, 6.07) is 7.80. The monoisotopic (exact) mass is 272 g/mol. The molecule has 20 heavy (non-hydrogen) atoms. The quantitative estimate of drug-likeness (QED) is 0.852. The van der Waals surface area contributed by atoms with Crippen LogP contribution in [-0.2, 0) is 13.0 Å². The van der Waals surface area contributed by atoms with E-state index in [0.717, 1.165) is 15.7 Å². The highest BCUT2D eigenvalue weighted by molar-refractivity contribution is 5.93. The molecule has 0 atom stereocenters. The Morgan fingerprint density at radius 3 is 2.60 bits per heavy atom. The first-order valence-electron chi connectivity index (χ1n) is 6.38.